The maximum atomic E-state index is 6.10. The van der Waals surface area contributed by atoms with Crippen molar-refractivity contribution in [2.45, 2.75) is 69.9 Å². The second kappa shape index (κ2) is 5.55. The first kappa shape index (κ1) is 11.7. The van der Waals surface area contributed by atoms with Crippen molar-refractivity contribution in [3.05, 3.63) is 0 Å². The number of hydrogen-bond donors (Lipinski definition) is 1. The Morgan fingerprint density at radius 3 is 2.19 bits per heavy atom. The molecule has 0 aliphatic heterocycles. The van der Waals surface area contributed by atoms with Crippen molar-refractivity contribution in [1.82, 2.24) is 4.90 Å². The lowest BCUT2D eigenvalue weighted by Crippen LogP contribution is -2.43. The fraction of sp³-hybridized carbons (Fsp3) is 0.923. The lowest BCUT2D eigenvalue weighted by molar-refractivity contribution is 0.275. The maximum Gasteiger partial charge on any atom is 0.191 e. The zero-order valence-corrected chi connectivity index (χ0v) is 10.5. The van der Waals surface area contributed by atoms with Crippen molar-refractivity contribution >= 4 is 5.96 Å². The molecule has 0 unspecified atom stereocenters. The summed E-state index contributed by atoms with van der Waals surface area (Å²) in [6.07, 6.45) is 11.8. The van der Waals surface area contributed by atoms with Gasteiger partial charge in [-0.25, -0.2) is 4.99 Å². The fourth-order valence-electron chi connectivity index (χ4n) is 2.97. The molecule has 0 aromatic rings. The standard InChI is InChI=1S/C13H25N3/c1-16(12-9-3-2-4-10-12)13(14)15-11-7-5-6-8-11/h11-12H,2-10H2,1H3,(H2,14,15). The number of rotatable bonds is 2. The Labute approximate surface area is 99.1 Å². The number of nitrogens with two attached hydrogens (primary N) is 1. The smallest absolute Gasteiger partial charge is 0.191 e. The second-order valence-corrected chi connectivity index (χ2v) is 5.33. The van der Waals surface area contributed by atoms with Gasteiger partial charge in [-0.2, -0.15) is 0 Å². The van der Waals surface area contributed by atoms with Crippen LogP contribution in [0, 0.1) is 0 Å². The SMILES string of the molecule is CN(C(N)=NC1CCCC1)C1CCCCC1. The third-order valence-electron chi connectivity index (χ3n) is 4.12. The van der Waals surface area contributed by atoms with Crippen LogP contribution >= 0.6 is 0 Å². The van der Waals surface area contributed by atoms with Crippen LogP contribution in [0.5, 0.6) is 0 Å². The van der Waals surface area contributed by atoms with E-state index in [-0.39, 0.29) is 0 Å². The molecule has 2 aliphatic rings. The third-order valence-corrected chi connectivity index (χ3v) is 4.12. The van der Waals surface area contributed by atoms with Gasteiger partial charge in [-0.3, -0.25) is 0 Å². The van der Waals surface area contributed by atoms with Gasteiger partial charge in [-0.15, -0.1) is 0 Å². The summed E-state index contributed by atoms with van der Waals surface area (Å²) in [6.45, 7) is 0. The van der Waals surface area contributed by atoms with E-state index in [4.69, 9.17) is 5.73 Å². The van der Waals surface area contributed by atoms with Crippen molar-refractivity contribution in [3.63, 3.8) is 0 Å². The van der Waals surface area contributed by atoms with Crippen LogP contribution in [0.15, 0.2) is 4.99 Å². The van der Waals surface area contributed by atoms with Gasteiger partial charge in [-0.1, -0.05) is 32.1 Å². The summed E-state index contributed by atoms with van der Waals surface area (Å²) in [5.41, 5.74) is 6.10. The Morgan fingerprint density at radius 2 is 1.56 bits per heavy atom. The lowest BCUT2D eigenvalue weighted by Gasteiger charge is -2.32. The third kappa shape index (κ3) is 2.89. The Bertz CT molecular complexity index is 238. The largest absolute Gasteiger partial charge is 0.370 e. The normalized spacial score (nSPS) is 24.9. The molecule has 0 saturated heterocycles. The second-order valence-electron chi connectivity index (χ2n) is 5.33. The molecule has 0 radical (unpaired) electrons. The first-order chi connectivity index (χ1) is 7.77. The van der Waals surface area contributed by atoms with Crippen molar-refractivity contribution in [2.24, 2.45) is 10.7 Å². The van der Waals surface area contributed by atoms with Crippen molar-refractivity contribution in [2.75, 3.05) is 7.05 Å². The predicted octanol–water partition coefficient (Wildman–Crippen LogP) is 2.51. The molecule has 0 heterocycles. The van der Waals surface area contributed by atoms with E-state index in [1.165, 1.54) is 57.8 Å². The Morgan fingerprint density at radius 1 is 1.00 bits per heavy atom. The molecule has 0 aromatic heterocycles. The van der Waals surface area contributed by atoms with E-state index >= 15 is 0 Å². The number of hydrogen-bond acceptors (Lipinski definition) is 1. The first-order valence-electron chi connectivity index (χ1n) is 6.83. The minimum absolute atomic E-state index is 0.506. The molecule has 2 fully saturated rings. The van der Waals surface area contributed by atoms with Gasteiger partial charge in [0.05, 0.1) is 6.04 Å². The summed E-state index contributed by atoms with van der Waals surface area (Å²) in [6, 6.07) is 1.14. The summed E-state index contributed by atoms with van der Waals surface area (Å²) in [7, 11) is 2.11. The van der Waals surface area contributed by atoms with Gasteiger partial charge in [0.2, 0.25) is 0 Å². The van der Waals surface area contributed by atoms with Crippen LogP contribution in [0.1, 0.15) is 57.8 Å². The van der Waals surface area contributed by atoms with E-state index in [0.717, 1.165) is 5.96 Å². The molecule has 2 saturated carbocycles. The molecular weight excluding hydrogens is 198 g/mol. The van der Waals surface area contributed by atoms with Crippen LogP contribution in [-0.2, 0) is 0 Å². The average molecular weight is 223 g/mol. The predicted molar refractivity (Wildman–Crippen MR) is 68.5 cm³/mol. The average Bonchev–Trinajstić information content (AvgIpc) is 2.82. The molecule has 3 nitrogen and oxygen atoms in total. The van der Waals surface area contributed by atoms with Crippen LogP contribution in [0.4, 0.5) is 0 Å². The monoisotopic (exact) mass is 223 g/mol. The molecule has 2 rings (SSSR count). The van der Waals surface area contributed by atoms with E-state index in [1.54, 1.807) is 0 Å². The summed E-state index contributed by atoms with van der Waals surface area (Å²) < 4.78 is 0. The fourth-order valence-corrected chi connectivity index (χ4v) is 2.97. The molecule has 2 aliphatic carbocycles. The topological polar surface area (TPSA) is 41.6 Å². The van der Waals surface area contributed by atoms with Crippen molar-refractivity contribution < 1.29 is 0 Å². The van der Waals surface area contributed by atoms with Gasteiger partial charge in [0.15, 0.2) is 5.96 Å². The van der Waals surface area contributed by atoms with Gasteiger partial charge in [0, 0.05) is 13.1 Å². The molecule has 0 amide bonds. The van der Waals surface area contributed by atoms with Crippen LogP contribution in [-0.4, -0.2) is 30.0 Å². The lowest BCUT2D eigenvalue weighted by atomic mass is 9.95. The molecule has 16 heavy (non-hydrogen) atoms. The Kier molecular flexibility index (Phi) is 4.08. The van der Waals surface area contributed by atoms with Crippen LogP contribution in [0.25, 0.3) is 0 Å². The number of nitrogens with zero attached hydrogens (tertiary/aromatic N) is 2. The van der Waals surface area contributed by atoms with Crippen LogP contribution in [0.3, 0.4) is 0 Å². The molecule has 0 atom stereocenters. The van der Waals surface area contributed by atoms with E-state index in [1.807, 2.05) is 0 Å². The molecule has 92 valence electrons. The van der Waals surface area contributed by atoms with Gasteiger partial charge >= 0.3 is 0 Å². The minimum atomic E-state index is 0.506. The maximum absolute atomic E-state index is 6.10. The van der Waals surface area contributed by atoms with E-state index < -0.39 is 0 Å². The summed E-state index contributed by atoms with van der Waals surface area (Å²) in [4.78, 5) is 6.89. The molecular formula is C13H25N3. The highest BCUT2D eigenvalue weighted by atomic mass is 15.3. The van der Waals surface area contributed by atoms with Crippen LogP contribution < -0.4 is 5.73 Å². The zero-order chi connectivity index (χ0) is 11.4. The molecule has 0 spiro atoms. The number of guanidine groups is 1. The van der Waals surface area contributed by atoms with Crippen LogP contribution in [0.2, 0.25) is 0 Å². The van der Waals surface area contributed by atoms with Crippen molar-refractivity contribution in [1.29, 1.82) is 0 Å². The summed E-state index contributed by atoms with van der Waals surface area (Å²) >= 11 is 0. The van der Waals surface area contributed by atoms with E-state index in [9.17, 15) is 0 Å². The summed E-state index contributed by atoms with van der Waals surface area (Å²) in [5.74, 6) is 0.777. The van der Waals surface area contributed by atoms with Crippen molar-refractivity contribution in [3.8, 4) is 0 Å². The highest BCUT2D eigenvalue weighted by Gasteiger charge is 2.21. The quantitative estimate of drug-likeness (QED) is 0.577. The summed E-state index contributed by atoms with van der Waals surface area (Å²) in [5, 5.41) is 0. The Balaban J connectivity index is 1.88. The van der Waals surface area contributed by atoms with Gasteiger partial charge in [0.1, 0.15) is 0 Å². The molecule has 3 heteroatoms. The molecule has 0 aromatic carbocycles. The van der Waals surface area contributed by atoms with E-state index in [2.05, 4.69) is 16.9 Å². The molecule has 0 bridgehead atoms. The highest BCUT2D eigenvalue weighted by Crippen LogP contribution is 2.23. The number of aliphatic imine (C=N–C) groups is 1. The molecule has 2 N–H and O–H groups in total. The van der Waals surface area contributed by atoms with Gasteiger partial charge in [0.25, 0.3) is 0 Å². The van der Waals surface area contributed by atoms with Gasteiger partial charge in [-0.05, 0) is 25.7 Å². The highest BCUT2D eigenvalue weighted by molar-refractivity contribution is 5.78. The first-order valence-corrected chi connectivity index (χ1v) is 6.83. The van der Waals surface area contributed by atoms with E-state index in [0.29, 0.717) is 12.1 Å². The Hall–Kier alpha value is -0.730. The zero-order valence-electron chi connectivity index (χ0n) is 10.5. The van der Waals surface area contributed by atoms with Gasteiger partial charge < -0.3 is 10.6 Å². The minimum Gasteiger partial charge on any atom is -0.370 e.